The van der Waals surface area contributed by atoms with Gasteiger partial charge in [0, 0.05) is 12.1 Å². The first-order chi connectivity index (χ1) is 11.2. The van der Waals surface area contributed by atoms with Crippen molar-refractivity contribution in [2.45, 2.75) is 6.54 Å². The molecular formula is C17H18N2O4. The van der Waals surface area contributed by atoms with Crippen LogP contribution in [0.2, 0.25) is 0 Å². The number of ether oxygens (including phenoxy) is 2. The fourth-order valence-corrected chi connectivity index (χ4v) is 2.07. The number of rotatable bonds is 5. The van der Waals surface area contributed by atoms with Gasteiger partial charge < -0.3 is 20.1 Å². The van der Waals surface area contributed by atoms with Crippen LogP contribution in [-0.4, -0.2) is 26.2 Å². The molecule has 2 amide bonds. The van der Waals surface area contributed by atoms with Crippen molar-refractivity contribution < 1.29 is 19.1 Å². The average Bonchev–Trinajstić information content (AvgIpc) is 2.60. The number of esters is 1. The van der Waals surface area contributed by atoms with E-state index >= 15 is 0 Å². The van der Waals surface area contributed by atoms with Gasteiger partial charge in [-0.1, -0.05) is 30.3 Å². The minimum absolute atomic E-state index is 0.294. The zero-order valence-corrected chi connectivity index (χ0v) is 13.0. The van der Waals surface area contributed by atoms with Crippen LogP contribution in [0.4, 0.5) is 10.5 Å². The molecule has 0 fully saturated rings. The molecule has 0 heterocycles. The molecule has 0 unspecified atom stereocenters. The van der Waals surface area contributed by atoms with Crippen LogP contribution in [0.3, 0.4) is 0 Å². The van der Waals surface area contributed by atoms with Crippen molar-refractivity contribution in [1.29, 1.82) is 0 Å². The van der Waals surface area contributed by atoms with Gasteiger partial charge in [0.2, 0.25) is 0 Å². The predicted molar refractivity (Wildman–Crippen MR) is 86.6 cm³/mol. The zero-order valence-electron chi connectivity index (χ0n) is 13.0. The third-order valence-corrected chi connectivity index (χ3v) is 3.21. The summed E-state index contributed by atoms with van der Waals surface area (Å²) in [6.45, 7) is 0.302. The second kappa shape index (κ2) is 7.84. The Kier molecular flexibility index (Phi) is 5.57. The highest BCUT2D eigenvalue weighted by molar-refractivity contribution is 6.00. The van der Waals surface area contributed by atoms with Crippen LogP contribution >= 0.6 is 0 Å². The van der Waals surface area contributed by atoms with Gasteiger partial charge in [0.1, 0.15) is 5.75 Å². The van der Waals surface area contributed by atoms with Gasteiger partial charge in [-0.2, -0.15) is 0 Å². The molecule has 0 bridgehead atoms. The van der Waals surface area contributed by atoms with E-state index in [1.165, 1.54) is 7.11 Å². The molecule has 0 aliphatic rings. The third-order valence-electron chi connectivity index (χ3n) is 3.21. The summed E-state index contributed by atoms with van der Waals surface area (Å²) < 4.78 is 9.92. The number of methoxy groups -OCH3 is 2. The van der Waals surface area contributed by atoms with Gasteiger partial charge in [-0.05, 0) is 18.2 Å². The van der Waals surface area contributed by atoms with Crippen LogP contribution < -0.4 is 15.4 Å². The molecule has 6 heteroatoms. The average molecular weight is 314 g/mol. The Labute approximate surface area is 134 Å². The molecule has 0 aliphatic carbocycles. The van der Waals surface area contributed by atoms with Gasteiger partial charge in [-0.15, -0.1) is 0 Å². The number of urea groups is 1. The first-order valence-corrected chi connectivity index (χ1v) is 6.99. The van der Waals surface area contributed by atoms with Crippen molar-refractivity contribution in [2.24, 2.45) is 0 Å². The van der Waals surface area contributed by atoms with Gasteiger partial charge in [0.25, 0.3) is 0 Å². The SMILES string of the molecule is COC(=O)c1ccccc1NC(=O)NCc1ccccc1OC. The Morgan fingerprint density at radius 3 is 2.43 bits per heavy atom. The van der Waals surface area contributed by atoms with Gasteiger partial charge in [0.05, 0.1) is 25.5 Å². The maximum atomic E-state index is 12.0. The minimum atomic E-state index is -0.509. The summed E-state index contributed by atoms with van der Waals surface area (Å²) in [5.74, 6) is 0.188. The van der Waals surface area contributed by atoms with E-state index in [-0.39, 0.29) is 0 Å². The van der Waals surface area contributed by atoms with E-state index in [0.29, 0.717) is 23.5 Å². The summed E-state index contributed by atoms with van der Waals surface area (Å²) >= 11 is 0. The molecule has 2 aromatic rings. The fourth-order valence-electron chi connectivity index (χ4n) is 2.07. The molecule has 23 heavy (non-hydrogen) atoms. The number of amides is 2. The molecule has 0 radical (unpaired) electrons. The molecule has 2 aromatic carbocycles. The summed E-state index contributed by atoms with van der Waals surface area (Å²) in [7, 11) is 2.87. The van der Waals surface area contributed by atoms with Crippen LogP contribution in [0.1, 0.15) is 15.9 Å². The first kappa shape index (κ1) is 16.4. The minimum Gasteiger partial charge on any atom is -0.496 e. The molecule has 0 atom stereocenters. The lowest BCUT2D eigenvalue weighted by atomic mass is 10.2. The summed E-state index contributed by atoms with van der Waals surface area (Å²) in [6.07, 6.45) is 0. The maximum absolute atomic E-state index is 12.0. The molecule has 0 saturated heterocycles. The number of nitrogens with one attached hydrogen (secondary N) is 2. The highest BCUT2D eigenvalue weighted by Crippen LogP contribution is 2.18. The van der Waals surface area contributed by atoms with Gasteiger partial charge >= 0.3 is 12.0 Å². The summed E-state index contributed by atoms with van der Waals surface area (Å²) in [5, 5.41) is 5.37. The molecule has 0 aliphatic heterocycles. The molecule has 120 valence electrons. The predicted octanol–water partition coefficient (Wildman–Crippen LogP) is 2.80. The normalized spacial score (nSPS) is 9.83. The quantitative estimate of drug-likeness (QED) is 0.832. The molecule has 0 aromatic heterocycles. The molecule has 0 spiro atoms. The molecular weight excluding hydrogens is 296 g/mol. The molecule has 0 saturated carbocycles. The van der Waals surface area contributed by atoms with E-state index < -0.39 is 12.0 Å². The second-order valence-electron chi connectivity index (χ2n) is 4.66. The first-order valence-electron chi connectivity index (χ1n) is 6.99. The van der Waals surface area contributed by atoms with E-state index in [9.17, 15) is 9.59 Å². The van der Waals surface area contributed by atoms with E-state index in [2.05, 4.69) is 10.6 Å². The molecule has 2 N–H and O–H groups in total. The number of para-hydroxylation sites is 2. The molecule has 2 rings (SSSR count). The summed E-state index contributed by atoms with van der Waals surface area (Å²) in [5.41, 5.74) is 1.53. The van der Waals surface area contributed by atoms with Crippen molar-refractivity contribution in [3.05, 3.63) is 59.7 Å². The number of hydrogen-bond donors (Lipinski definition) is 2. The Morgan fingerprint density at radius 2 is 1.70 bits per heavy atom. The van der Waals surface area contributed by atoms with E-state index in [1.54, 1.807) is 31.4 Å². The number of benzene rings is 2. The van der Waals surface area contributed by atoms with Crippen molar-refractivity contribution in [3.8, 4) is 5.75 Å². The Bertz CT molecular complexity index is 700. The Balaban J connectivity index is 2.02. The standard InChI is InChI=1S/C17H18N2O4/c1-22-15-10-6-3-7-12(15)11-18-17(21)19-14-9-5-4-8-13(14)16(20)23-2/h3-10H,11H2,1-2H3,(H2,18,19,21). The molecule has 6 nitrogen and oxygen atoms in total. The third kappa shape index (κ3) is 4.23. The van der Waals surface area contributed by atoms with Crippen molar-refractivity contribution in [1.82, 2.24) is 5.32 Å². The topological polar surface area (TPSA) is 76.7 Å². The summed E-state index contributed by atoms with van der Waals surface area (Å²) in [4.78, 5) is 23.7. The number of carbonyl (C=O) groups is 2. The second-order valence-corrected chi connectivity index (χ2v) is 4.66. The van der Waals surface area contributed by atoms with E-state index in [4.69, 9.17) is 9.47 Å². The Hall–Kier alpha value is -3.02. The van der Waals surface area contributed by atoms with Gasteiger partial charge in [-0.25, -0.2) is 9.59 Å². The number of anilines is 1. The van der Waals surface area contributed by atoms with Crippen LogP contribution in [-0.2, 0) is 11.3 Å². The lowest BCUT2D eigenvalue weighted by Gasteiger charge is -2.12. The highest BCUT2D eigenvalue weighted by atomic mass is 16.5. The number of hydrogen-bond acceptors (Lipinski definition) is 4. The van der Waals surface area contributed by atoms with Crippen molar-refractivity contribution in [3.63, 3.8) is 0 Å². The smallest absolute Gasteiger partial charge is 0.339 e. The van der Waals surface area contributed by atoms with E-state index in [0.717, 1.165) is 5.56 Å². The largest absolute Gasteiger partial charge is 0.496 e. The highest BCUT2D eigenvalue weighted by Gasteiger charge is 2.13. The lowest BCUT2D eigenvalue weighted by Crippen LogP contribution is -2.29. The zero-order chi connectivity index (χ0) is 16.7. The lowest BCUT2D eigenvalue weighted by molar-refractivity contribution is 0.0602. The van der Waals surface area contributed by atoms with Gasteiger partial charge in [-0.3, -0.25) is 0 Å². The van der Waals surface area contributed by atoms with E-state index in [1.807, 2.05) is 24.3 Å². The van der Waals surface area contributed by atoms with Crippen LogP contribution in [0, 0.1) is 0 Å². The van der Waals surface area contributed by atoms with Crippen LogP contribution in [0.5, 0.6) is 5.75 Å². The van der Waals surface area contributed by atoms with Crippen LogP contribution in [0.15, 0.2) is 48.5 Å². The van der Waals surface area contributed by atoms with Crippen molar-refractivity contribution >= 4 is 17.7 Å². The fraction of sp³-hybridized carbons (Fsp3) is 0.176. The van der Waals surface area contributed by atoms with Crippen molar-refractivity contribution in [2.75, 3.05) is 19.5 Å². The maximum Gasteiger partial charge on any atom is 0.339 e. The Morgan fingerprint density at radius 1 is 1.00 bits per heavy atom. The van der Waals surface area contributed by atoms with Crippen LogP contribution in [0.25, 0.3) is 0 Å². The van der Waals surface area contributed by atoms with Gasteiger partial charge in [0.15, 0.2) is 0 Å². The monoisotopic (exact) mass is 314 g/mol. The summed E-state index contributed by atoms with van der Waals surface area (Å²) in [6, 6.07) is 13.6. The number of carbonyl (C=O) groups excluding carboxylic acids is 2.